The summed E-state index contributed by atoms with van der Waals surface area (Å²) < 4.78 is 0. The molecule has 0 aliphatic rings. The highest BCUT2D eigenvalue weighted by molar-refractivity contribution is 7.97. The molecule has 1 aromatic carbocycles. The number of phenols is 1. The number of phenolic OH excluding ortho intramolecular Hbond substituents is 1. The van der Waals surface area contributed by atoms with Crippen molar-refractivity contribution in [3.05, 3.63) is 29.8 Å². The Kier molecular flexibility index (Phi) is 1.97. The quantitative estimate of drug-likeness (QED) is 0.601. The van der Waals surface area contributed by atoms with Crippen molar-refractivity contribution in [2.45, 2.75) is 0 Å². The first-order valence-electron chi connectivity index (χ1n) is 2.72. The molecule has 0 fully saturated rings. The Morgan fingerprint density at radius 1 is 1.30 bits per heavy atom. The summed E-state index contributed by atoms with van der Waals surface area (Å²) in [4.78, 5) is 10.5. The van der Waals surface area contributed by atoms with Crippen LogP contribution < -0.4 is 0 Å². The van der Waals surface area contributed by atoms with E-state index in [9.17, 15) is 4.79 Å². The molecular formula is C7H6O2S. The normalized spacial score (nSPS) is 9.30. The molecule has 1 aromatic rings. The largest absolute Gasteiger partial charge is 0.508 e. The van der Waals surface area contributed by atoms with E-state index in [1.807, 2.05) is 0 Å². The van der Waals surface area contributed by atoms with Gasteiger partial charge in [-0.3, -0.25) is 4.79 Å². The van der Waals surface area contributed by atoms with Crippen molar-refractivity contribution in [2.75, 3.05) is 0 Å². The van der Waals surface area contributed by atoms with Crippen molar-refractivity contribution in [3.8, 4) is 5.75 Å². The van der Waals surface area contributed by atoms with Crippen LogP contribution in [-0.4, -0.2) is 10.2 Å². The highest BCUT2D eigenvalue weighted by atomic mass is 32.1. The van der Waals surface area contributed by atoms with E-state index in [1.54, 1.807) is 0 Å². The second-order valence-electron chi connectivity index (χ2n) is 1.85. The minimum absolute atomic E-state index is 0.151. The van der Waals surface area contributed by atoms with Gasteiger partial charge in [-0.2, -0.15) is 0 Å². The molecule has 1 rings (SSSR count). The van der Waals surface area contributed by atoms with Crippen LogP contribution in [0.1, 0.15) is 10.4 Å². The Morgan fingerprint density at radius 3 is 2.20 bits per heavy atom. The van der Waals surface area contributed by atoms with Crippen molar-refractivity contribution < 1.29 is 9.90 Å². The first-order chi connectivity index (χ1) is 4.70. The molecular weight excluding hydrogens is 148 g/mol. The van der Waals surface area contributed by atoms with E-state index in [4.69, 9.17) is 5.11 Å². The van der Waals surface area contributed by atoms with E-state index in [0.717, 1.165) is 0 Å². The van der Waals surface area contributed by atoms with Crippen LogP contribution in [0, 0.1) is 0 Å². The lowest BCUT2D eigenvalue weighted by Gasteiger charge is -1.92. The van der Waals surface area contributed by atoms with Gasteiger partial charge in [-0.15, -0.1) is 12.6 Å². The van der Waals surface area contributed by atoms with Crippen LogP contribution in [0.3, 0.4) is 0 Å². The molecule has 0 saturated carbocycles. The molecule has 0 bridgehead atoms. The van der Waals surface area contributed by atoms with Gasteiger partial charge >= 0.3 is 0 Å². The third kappa shape index (κ3) is 1.51. The molecule has 0 amide bonds. The molecule has 1 N–H and O–H groups in total. The van der Waals surface area contributed by atoms with Crippen molar-refractivity contribution in [1.29, 1.82) is 0 Å². The topological polar surface area (TPSA) is 37.3 Å². The van der Waals surface area contributed by atoms with Gasteiger partial charge in [0.25, 0.3) is 0 Å². The minimum atomic E-state index is -0.292. The highest BCUT2D eigenvalue weighted by Crippen LogP contribution is 2.10. The summed E-state index contributed by atoms with van der Waals surface area (Å²) in [5.74, 6) is 0.151. The molecule has 0 spiro atoms. The molecule has 0 unspecified atom stereocenters. The second-order valence-corrected chi connectivity index (χ2v) is 2.26. The van der Waals surface area contributed by atoms with E-state index in [2.05, 4.69) is 12.6 Å². The Labute approximate surface area is 63.9 Å². The van der Waals surface area contributed by atoms with Crippen LogP contribution in [0.4, 0.5) is 0 Å². The monoisotopic (exact) mass is 154 g/mol. The number of aromatic hydroxyl groups is 1. The standard InChI is InChI=1S/C7H6O2S/c8-6-3-1-5(2-4-6)7(9)10/h1-4,8H,(H,9,10). The number of hydrogen-bond acceptors (Lipinski definition) is 2. The number of hydrogen-bond donors (Lipinski definition) is 2. The zero-order valence-electron chi connectivity index (χ0n) is 5.11. The van der Waals surface area contributed by atoms with Crippen LogP contribution in [0.5, 0.6) is 5.75 Å². The molecule has 0 saturated heterocycles. The smallest absolute Gasteiger partial charge is 0.216 e. The van der Waals surface area contributed by atoms with Gasteiger partial charge in [-0.1, -0.05) is 0 Å². The van der Waals surface area contributed by atoms with Crippen LogP contribution in [0.15, 0.2) is 24.3 Å². The minimum Gasteiger partial charge on any atom is -0.508 e. The molecule has 0 aliphatic heterocycles. The molecule has 3 heteroatoms. The Hall–Kier alpha value is -0.960. The summed E-state index contributed by atoms with van der Waals surface area (Å²) in [7, 11) is 0. The van der Waals surface area contributed by atoms with Gasteiger partial charge in [-0.05, 0) is 24.3 Å². The fourth-order valence-electron chi connectivity index (χ4n) is 0.604. The van der Waals surface area contributed by atoms with Gasteiger partial charge in [-0.25, -0.2) is 0 Å². The van der Waals surface area contributed by atoms with Crippen molar-refractivity contribution in [2.24, 2.45) is 0 Å². The Balaban J connectivity index is 3.00. The van der Waals surface area contributed by atoms with E-state index < -0.39 is 0 Å². The first-order valence-corrected chi connectivity index (χ1v) is 3.17. The number of carbonyl (C=O) groups excluding carboxylic acids is 1. The fraction of sp³-hybridized carbons (Fsp3) is 0. The molecule has 0 aliphatic carbocycles. The Morgan fingerprint density at radius 2 is 1.80 bits per heavy atom. The maximum Gasteiger partial charge on any atom is 0.216 e. The summed E-state index contributed by atoms with van der Waals surface area (Å²) >= 11 is 3.60. The van der Waals surface area contributed by atoms with Gasteiger partial charge in [0.15, 0.2) is 0 Å². The first kappa shape index (κ1) is 7.15. The number of benzene rings is 1. The van der Waals surface area contributed by atoms with Gasteiger partial charge in [0.05, 0.1) is 0 Å². The van der Waals surface area contributed by atoms with Crippen molar-refractivity contribution >= 4 is 17.7 Å². The number of rotatable bonds is 1. The third-order valence-electron chi connectivity index (χ3n) is 1.11. The summed E-state index contributed by atoms with van der Waals surface area (Å²) in [6.07, 6.45) is 0. The molecule has 2 nitrogen and oxygen atoms in total. The molecule has 0 radical (unpaired) electrons. The maximum absolute atomic E-state index is 10.5. The van der Waals surface area contributed by atoms with Gasteiger partial charge in [0, 0.05) is 5.56 Å². The molecule has 0 heterocycles. The van der Waals surface area contributed by atoms with E-state index in [1.165, 1.54) is 24.3 Å². The van der Waals surface area contributed by atoms with Crippen LogP contribution in [0.2, 0.25) is 0 Å². The SMILES string of the molecule is O=C(S)c1ccc(O)cc1. The van der Waals surface area contributed by atoms with Crippen LogP contribution >= 0.6 is 12.6 Å². The van der Waals surface area contributed by atoms with E-state index >= 15 is 0 Å². The predicted molar refractivity (Wildman–Crippen MR) is 41.4 cm³/mol. The maximum atomic E-state index is 10.5. The summed E-state index contributed by atoms with van der Waals surface area (Å²) in [6, 6.07) is 5.93. The second kappa shape index (κ2) is 2.75. The zero-order valence-corrected chi connectivity index (χ0v) is 6.01. The van der Waals surface area contributed by atoms with Gasteiger partial charge in [0.1, 0.15) is 5.75 Å². The lowest BCUT2D eigenvalue weighted by Crippen LogP contribution is -1.85. The highest BCUT2D eigenvalue weighted by Gasteiger charge is 1.97. The summed E-state index contributed by atoms with van der Waals surface area (Å²) in [5.41, 5.74) is 0.487. The average molecular weight is 154 g/mol. The third-order valence-corrected chi connectivity index (χ3v) is 1.37. The zero-order chi connectivity index (χ0) is 7.56. The fourth-order valence-corrected chi connectivity index (χ4v) is 0.753. The number of thiol groups is 1. The summed E-state index contributed by atoms with van der Waals surface area (Å²) in [6.45, 7) is 0. The molecule has 0 atom stereocenters. The predicted octanol–water partition coefficient (Wildman–Crippen LogP) is 1.46. The average Bonchev–Trinajstić information content (AvgIpc) is 1.88. The molecule has 52 valence electrons. The van der Waals surface area contributed by atoms with Crippen LogP contribution in [-0.2, 0) is 0 Å². The van der Waals surface area contributed by atoms with Crippen molar-refractivity contribution in [1.82, 2.24) is 0 Å². The number of carbonyl (C=O) groups is 1. The van der Waals surface area contributed by atoms with Gasteiger partial charge < -0.3 is 5.11 Å². The van der Waals surface area contributed by atoms with E-state index in [0.29, 0.717) is 5.56 Å². The Bertz CT molecular complexity index is 240. The lowest BCUT2D eigenvalue weighted by atomic mass is 10.2. The summed E-state index contributed by atoms with van der Waals surface area (Å²) in [5, 5.41) is 8.51. The van der Waals surface area contributed by atoms with E-state index in [-0.39, 0.29) is 10.9 Å². The molecule has 0 aromatic heterocycles. The molecule has 10 heavy (non-hydrogen) atoms. The lowest BCUT2D eigenvalue weighted by molar-refractivity contribution is 0.109. The van der Waals surface area contributed by atoms with Crippen molar-refractivity contribution in [3.63, 3.8) is 0 Å². The van der Waals surface area contributed by atoms with Crippen LogP contribution in [0.25, 0.3) is 0 Å². The van der Waals surface area contributed by atoms with Gasteiger partial charge in [0.2, 0.25) is 5.12 Å².